The Kier molecular flexibility index (Phi) is 5.76. The van der Waals surface area contributed by atoms with Crippen LogP contribution in [0.25, 0.3) is 5.69 Å². The summed E-state index contributed by atoms with van der Waals surface area (Å²) in [4.78, 5) is 18.3. The number of amides is 1. The zero-order valence-electron chi connectivity index (χ0n) is 14.8. The number of likely N-dealkylation sites (N-methyl/N-ethyl adjacent to an activating group) is 1. The normalized spacial score (nSPS) is 18.4. The number of hydrogen-bond acceptors (Lipinski definition) is 5. The summed E-state index contributed by atoms with van der Waals surface area (Å²) < 4.78 is 40.5. The minimum atomic E-state index is -4.51. The second-order valence-electron chi connectivity index (χ2n) is 6.48. The number of aromatic nitrogens is 3. The molecular weight excluding hydrogens is 361 g/mol. The van der Waals surface area contributed by atoms with Gasteiger partial charge in [0.15, 0.2) is 0 Å². The molecule has 0 saturated carbocycles. The number of halogens is 3. The van der Waals surface area contributed by atoms with E-state index in [0.29, 0.717) is 11.7 Å². The van der Waals surface area contributed by atoms with Crippen LogP contribution in [0.2, 0.25) is 0 Å². The number of hydrogen-bond donors (Lipinski definition) is 2. The Balaban J connectivity index is 1.78. The lowest BCUT2D eigenvalue weighted by Gasteiger charge is -2.32. The molecule has 0 radical (unpaired) electrons. The van der Waals surface area contributed by atoms with E-state index < -0.39 is 11.7 Å². The molecule has 2 heterocycles. The van der Waals surface area contributed by atoms with Gasteiger partial charge in [-0.2, -0.15) is 18.3 Å². The molecule has 0 spiro atoms. The van der Waals surface area contributed by atoms with Crippen molar-refractivity contribution in [1.82, 2.24) is 25.0 Å². The van der Waals surface area contributed by atoms with Crippen molar-refractivity contribution in [2.75, 3.05) is 32.0 Å². The molecule has 1 amide bonds. The first kappa shape index (κ1) is 19.3. The molecule has 0 bridgehead atoms. The van der Waals surface area contributed by atoms with Gasteiger partial charge in [0.1, 0.15) is 12.7 Å². The molecule has 1 unspecified atom stereocenters. The first-order valence-electron chi connectivity index (χ1n) is 8.62. The summed E-state index contributed by atoms with van der Waals surface area (Å²) in [7, 11) is 1.88. The van der Waals surface area contributed by atoms with Crippen LogP contribution in [0, 0.1) is 0 Å². The smallest absolute Gasteiger partial charge is 0.323 e. The van der Waals surface area contributed by atoms with Crippen molar-refractivity contribution in [2.45, 2.75) is 25.1 Å². The van der Waals surface area contributed by atoms with E-state index in [9.17, 15) is 18.0 Å². The van der Waals surface area contributed by atoms with Crippen LogP contribution in [0.4, 0.5) is 18.9 Å². The molecule has 1 atom stereocenters. The van der Waals surface area contributed by atoms with Gasteiger partial charge in [0.25, 0.3) is 0 Å². The Hall–Kier alpha value is -2.46. The quantitative estimate of drug-likeness (QED) is 0.826. The molecule has 1 saturated heterocycles. The van der Waals surface area contributed by atoms with E-state index in [-0.39, 0.29) is 18.1 Å². The zero-order chi connectivity index (χ0) is 19.4. The van der Waals surface area contributed by atoms with Crippen LogP contribution < -0.4 is 10.6 Å². The first-order valence-corrected chi connectivity index (χ1v) is 8.62. The fraction of sp³-hybridized carbons (Fsp3) is 0.471. The summed E-state index contributed by atoms with van der Waals surface area (Å²) in [5.74, 6) is -0.368. The largest absolute Gasteiger partial charge is 0.416 e. The van der Waals surface area contributed by atoms with Crippen molar-refractivity contribution < 1.29 is 18.0 Å². The molecule has 1 aliphatic rings. The maximum absolute atomic E-state index is 13.1. The summed E-state index contributed by atoms with van der Waals surface area (Å²) in [6.45, 7) is 1.62. The number of carbonyl (C=O) groups is 1. The van der Waals surface area contributed by atoms with Crippen molar-refractivity contribution in [3.63, 3.8) is 0 Å². The third-order valence-electron chi connectivity index (χ3n) is 4.54. The average Bonchev–Trinajstić information content (AvgIpc) is 3.15. The molecule has 1 aromatic heterocycles. The molecule has 1 aromatic carbocycles. The fourth-order valence-electron chi connectivity index (χ4n) is 3.17. The number of nitrogens with one attached hydrogen (secondary N) is 2. The Morgan fingerprint density at radius 1 is 1.37 bits per heavy atom. The maximum atomic E-state index is 13.1. The number of benzene rings is 1. The second kappa shape index (κ2) is 8.05. The zero-order valence-corrected chi connectivity index (χ0v) is 14.8. The molecule has 146 valence electrons. The van der Waals surface area contributed by atoms with Crippen LogP contribution in [0.5, 0.6) is 0 Å². The fourth-order valence-corrected chi connectivity index (χ4v) is 3.17. The number of anilines is 1. The highest BCUT2D eigenvalue weighted by Crippen LogP contribution is 2.33. The van der Waals surface area contributed by atoms with Gasteiger partial charge in [-0.25, -0.2) is 9.67 Å². The van der Waals surface area contributed by atoms with Gasteiger partial charge in [-0.1, -0.05) is 0 Å². The van der Waals surface area contributed by atoms with Crippen molar-refractivity contribution in [3.05, 3.63) is 36.4 Å². The van der Waals surface area contributed by atoms with Gasteiger partial charge >= 0.3 is 6.18 Å². The Morgan fingerprint density at radius 3 is 2.85 bits per heavy atom. The molecule has 27 heavy (non-hydrogen) atoms. The molecular formula is C17H21F3N6O. The van der Waals surface area contributed by atoms with Crippen molar-refractivity contribution in [3.8, 4) is 5.69 Å². The monoisotopic (exact) mass is 382 g/mol. The molecule has 2 N–H and O–H groups in total. The van der Waals surface area contributed by atoms with E-state index in [4.69, 9.17) is 0 Å². The first-order chi connectivity index (χ1) is 12.9. The number of likely N-dealkylation sites (tertiary alicyclic amines) is 1. The van der Waals surface area contributed by atoms with Gasteiger partial charge in [0.2, 0.25) is 5.91 Å². The van der Waals surface area contributed by atoms with Crippen molar-refractivity contribution in [1.29, 1.82) is 0 Å². The summed E-state index contributed by atoms with van der Waals surface area (Å²) >= 11 is 0. The van der Waals surface area contributed by atoms with Gasteiger partial charge in [0, 0.05) is 12.6 Å². The average molecular weight is 382 g/mol. The van der Waals surface area contributed by atoms with E-state index in [2.05, 4.69) is 20.7 Å². The predicted molar refractivity (Wildman–Crippen MR) is 93.5 cm³/mol. The van der Waals surface area contributed by atoms with Crippen LogP contribution in [-0.4, -0.2) is 58.3 Å². The summed E-state index contributed by atoms with van der Waals surface area (Å²) in [5, 5.41) is 9.73. The van der Waals surface area contributed by atoms with Crippen LogP contribution in [0.3, 0.4) is 0 Å². The third-order valence-corrected chi connectivity index (χ3v) is 4.54. The van der Waals surface area contributed by atoms with Gasteiger partial charge in [0.05, 0.1) is 23.5 Å². The molecule has 7 nitrogen and oxygen atoms in total. The molecule has 10 heteroatoms. The summed E-state index contributed by atoms with van der Waals surface area (Å²) in [5.41, 5.74) is -0.474. The topological polar surface area (TPSA) is 75.1 Å². The van der Waals surface area contributed by atoms with Crippen LogP contribution in [-0.2, 0) is 11.0 Å². The number of alkyl halides is 3. The maximum Gasteiger partial charge on any atom is 0.416 e. The van der Waals surface area contributed by atoms with Gasteiger partial charge in [-0.05, 0) is 44.6 Å². The third kappa shape index (κ3) is 4.83. The van der Waals surface area contributed by atoms with E-state index in [0.717, 1.165) is 38.1 Å². The Bertz CT molecular complexity index is 777. The van der Waals surface area contributed by atoms with Gasteiger partial charge in [-0.3, -0.25) is 9.69 Å². The number of rotatable bonds is 5. The lowest BCUT2D eigenvalue weighted by molar-refractivity contribution is -0.137. The van der Waals surface area contributed by atoms with Gasteiger partial charge in [-0.15, -0.1) is 0 Å². The van der Waals surface area contributed by atoms with Crippen LogP contribution in [0.1, 0.15) is 18.4 Å². The molecule has 2 aromatic rings. The highest BCUT2D eigenvalue weighted by Gasteiger charge is 2.31. The molecule has 0 aliphatic carbocycles. The molecule has 1 fully saturated rings. The molecule has 3 rings (SSSR count). The number of carbonyl (C=O) groups excluding carboxylic acids is 1. The van der Waals surface area contributed by atoms with E-state index in [1.54, 1.807) is 0 Å². The van der Waals surface area contributed by atoms with E-state index >= 15 is 0 Å². The number of nitrogens with zero attached hydrogens (tertiary/aromatic N) is 4. The minimum absolute atomic E-state index is 0.0440. The van der Waals surface area contributed by atoms with Crippen LogP contribution >= 0.6 is 0 Å². The molecule has 1 aliphatic heterocycles. The SMILES string of the molecule is CNC1CCCN(CC(=O)Nc2cc(C(F)(F)F)ccc2-n2cncn2)C1. The Labute approximate surface area is 154 Å². The summed E-state index contributed by atoms with van der Waals surface area (Å²) in [6.07, 6.45) is 0.133. The Morgan fingerprint density at radius 2 is 2.19 bits per heavy atom. The van der Waals surface area contributed by atoms with Crippen molar-refractivity contribution in [2.24, 2.45) is 0 Å². The van der Waals surface area contributed by atoms with Crippen LogP contribution in [0.15, 0.2) is 30.9 Å². The van der Waals surface area contributed by atoms with E-state index in [1.165, 1.54) is 23.4 Å². The minimum Gasteiger partial charge on any atom is -0.323 e. The van der Waals surface area contributed by atoms with Crippen molar-refractivity contribution >= 4 is 11.6 Å². The lowest BCUT2D eigenvalue weighted by atomic mass is 10.1. The predicted octanol–water partition coefficient (Wildman–Crippen LogP) is 1.91. The highest BCUT2D eigenvalue weighted by molar-refractivity contribution is 5.94. The van der Waals surface area contributed by atoms with E-state index in [1.807, 2.05) is 11.9 Å². The lowest BCUT2D eigenvalue weighted by Crippen LogP contribution is -2.46. The van der Waals surface area contributed by atoms with Gasteiger partial charge < -0.3 is 10.6 Å². The highest BCUT2D eigenvalue weighted by atomic mass is 19.4. The standard InChI is InChI=1S/C17H21F3N6O/c1-21-13-3-2-6-25(8-13)9-16(27)24-14-7-12(17(18,19)20)4-5-15(14)26-11-22-10-23-26/h4-5,7,10-11,13,21H,2-3,6,8-9H2,1H3,(H,24,27). The number of piperidine rings is 1. The summed E-state index contributed by atoms with van der Waals surface area (Å²) in [6, 6.07) is 3.45. The second-order valence-corrected chi connectivity index (χ2v) is 6.48.